The van der Waals surface area contributed by atoms with Crippen LogP contribution in [0.2, 0.25) is 0 Å². The van der Waals surface area contributed by atoms with E-state index in [0.29, 0.717) is 26.1 Å². The molecule has 0 aromatic heterocycles. The van der Waals surface area contributed by atoms with Crippen molar-refractivity contribution in [1.82, 2.24) is 4.90 Å². The Kier molecular flexibility index (Phi) is 6.16. The number of rotatable bonds is 7. The molecule has 1 amide bonds. The van der Waals surface area contributed by atoms with Crippen molar-refractivity contribution in [3.8, 4) is 0 Å². The lowest BCUT2D eigenvalue weighted by atomic mass is 10.0. The molecule has 2 aromatic rings. The molecular weight excluding hydrogens is 272 g/mol. The summed E-state index contributed by atoms with van der Waals surface area (Å²) in [4.78, 5) is 14.4. The summed E-state index contributed by atoms with van der Waals surface area (Å²) in [5.74, 6) is 0.149. The Morgan fingerprint density at radius 3 is 2.36 bits per heavy atom. The van der Waals surface area contributed by atoms with E-state index in [4.69, 9.17) is 5.73 Å². The van der Waals surface area contributed by atoms with Gasteiger partial charge < -0.3 is 10.6 Å². The topological polar surface area (TPSA) is 46.3 Å². The van der Waals surface area contributed by atoms with Crippen LogP contribution >= 0.6 is 0 Å². The minimum absolute atomic E-state index is 0.149. The molecule has 2 N–H and O–H groups in total. The molecule has 0 aliphatic rings. The highest BCUT2D eigenvalue weighted by molar-refractivity contribution is 5.79. The smallest absolute Gasteiger partial charge is 0.227 e. The highest BCUT2D eigenvalue weighted by atomic mass is 16.2. The van der Waals surface area contributed by atoms with Crippen LogP contribution in [0.4, 0.5) is 0 Å². The Labute approximate surface area is 132 Å². The van der Waals surface area contributed by atoms with Gasteiger partial charge in [0.1, 0.15) is 0 Å². The van der Waals surface area contributed by atoms with Crippen molar-refractivity contribution in [2.24, 2.45) is 5.73 Å². The summed E-state index contributed by atoms with van der Waals surface area (Å²) >= 11 is 0. The van der Waals surface area contributed by atoms with E-state index < -0.39 is 0 Å². The highest BCUT2D eigenvalue weighted by Gasteiger charge is 2.14. The van der Waals surface area contributed by atoms with Crippen molar-refractivity contribution >= 4 is 5.91 Å². The van der Waals surface area contributed by atoms with Gasteiger partial charge in [0.2, 0.25) is 5.91 Å². The second-order valence-corrected chi connectivity index (χ2v) is 5.51. The maximum Gasteiger partial charge on any atom is 0.227 e. The molecule has 0 fully saturated rings. The molecule has 0 aliphatic heterocycles. The highest BCUT2D eigenvalue weighted by Crippen LogP contribution is 2.10. The molecule has 3 nitrogen and oxygen atoms in total. The zero-order chi connectivity index (χ0) is 15.8. The second kappa shape index (κ2) is 8.35. The number of benzene rings is 2. The summed E-state index contributed by atoms with van der Waals surface area (Å²) in [6.45, 7) is 3.86. The Hall–Kier alpha value is -2.13. The Morgan fingerprint density at radius 1 is 1.00 bits per heavy atom. The summed E-state index contributed by atoms with van der Waals surface area (Å²) in [7, 11) is 0. The number of amides is 1. The third kappa shape index (κ3) is 4.71. The normalized spacial score (nSPS) is 10.5. The average Bonchev–Trinajstić information content (AvgIpc) is 2.54. The SMILES string of the molecule is Cc1ccccc1CC(=O)N(CCN)CCc1ccccc1. The van der Waals surface area contributed by atoms with Gasteiger partial charge in [-0.15, -0.1) is 0 Å². The molecule has 0 saturated heterocycles. The van der Waals surface area contributed by atoms with Crippen LogP contribution in [0.15, 0.2) is 54.6 Å². The van der Waals surface area contributed by atoms with Gasteiger partial charge in [-0.1, -0.05) is 54.6 Å². The van der Waals surface area contributed by atoms with Crippen molar-refractivity contribution in [1.29, 1.82) is 0 Å². The maximum absolute atomic E-state index is 12.5. The molecule has 0 unspecified atom stereocenters. The number of carbonyl (C=O) groups is 1. The van der Waals surface area contributed by atoms with Gasteiger partial charge in [0.25, 0.3) is 0 Å². The van der Waals surface area contributed by atoms with Gasteiger partial charge in [0.05, 0.1) is 6.42 Å². The van der Waals surface area contributed by atoms with Gasteiger partial charge in [0.15, 0.2) is 0 Å². The first-order chi connectivity index (χ1) is 10.7. The molecule has 2 aromatic carbocycles. The predicted octanol–water partition coefficient (Wildman–Crippen LogP) is 2.57. The fraction of sp³-hybridized carbons (Fsp3) is 0.316. The lowest BCUT2D eigenvalue weighted by Gasteiger charge is -2.22. The third-order valence-corrected chi connectivity index (χ3v) is 3.87. The van der Waals surface area contributed by atoms with Gasteiger partial charge in [-0.25, -0.2) is 0 Å². The van der Waals surface area contributed by atoms with Crippen molar-refractivity contribution in [2.45, 2.75) is 19.8 Å². The van der Waals surface area contributed by atoms with Crippen LogP contribution in [0, 0.1) is 6.92 Å². The summed E-state index contributed by atoms with van der Waals surface area (Å²) in [5, 5.41) is 0. The third-order valence-electron chi connectivity index (χ3n) is 3.87. The number of hydrogen-bond acceptors (Lipinski definition) is 2. The van der Waals surface area contributed by atoms with Gasteiger partial charge >= 0.3 is 0 Å². The van der Waals surface area contributed by atoms with Crippen LogP contribution in [-0.2, 0) is 17.6 Å². The molecular formula is C19H24N2O. The monoisotopic (exact) mass is 296 g/mol. The number of hydrogen-bond donors (Lipinski definition) is 1. The van der Waals surface area contributed by atoms with Crippen molar-refractivity contribution in [3.63, 3.8) is 0 Å². The molecule has 3 heteroatoms. The van der Waals surface area contributed by atoms with E-state index in [2.05, 4.69) is 12.1 Å². The minimum Gasteiger partial charge on any atom is -0.341 e. The van der Waals surface area contributed by atoms with E-state index in [-0.39, 0.29) is 5.91 Å². The second-order valence-electron chi connectivity index (χ2n) is 5.51. The molecule has 22 heavy (non-hydrogen) atoms. The van der Waals surface area contributed by atoms with Gasteiger partial charge in [-0.2, -0.15) is 0 Å². The summed E-state index contributed by atoms with van der Waals surface area (Å²) in [5.41, 5.74) is 9.16. The fourth-order valence-corrected chi connectivity index (χ4v) is 2.51. The largest absolute Gasteiger partial charge is 0.341 e. The molecule has 0 saturated carbocycles. The lowest BCUT2D eigenvalue weighted by molar-refractivity contribution is -0.130. The van der Waals surface area contributed by atoms with E-state index in [1.165, 1.54) is 5.56 Å². The summed E-state index contributed by atoms with van der Waals surface area (Å²) < 4.78 is 0. The van der Waals surface area contributed by atoms with Crippen LogP contribution in [0.5, 0.6) is 0 Å². The molecule has 0 bridgehead atoms. The van der Waals surface area contributed by atoms with Crippen LogP contribution in [0.3, 0.4) is 0 Å². The van der Waals surface area contributed by atoms with Gasteiger partial charge in [0, 0.05) is 19.6 Å². The standard InChI is InChI=1S/C19H24N2O/c1-16-7-5-6-10-18(16)15-19(22)21(14-12-20)13-11-17-8-3-2-4-9-17/h2-10H,11-15,20H2,1H3. The van der Waals surface area contributed by atoms with Crippen molar-refractivity contribution < 1.29 is 4.79 Å². The maximum atomic E-state index is 12.5. The quantitative estimate of drug-likeness (QED) is 0.853. The fourth-order valence-electron chi connectivity index (χ4n) is 2.51. The van der Waals surface area contributed by atoms with Crippen LogP contribution in [0.1, 0.15) is 16.7 Å². The summed E-state index contributed by atoms with van der Waals surface area (Å²) in [6, 6.07) is 18.3. The van der Waals surface area contributed by atoms with E-state index >= 15 is 0 Å². The minimum atomic E-state index is 0.149. The molecule has 0 spiro atoms. The summed E-state index contributed by atoms with van der Waals surface area (Å²) in [6.07, 6.45) is 1.31. The first kappa shape index (κ1) is 16.2. The van der Waals surface area contributed by atoms with E-state index in [1.54, 1.807) is 0 Å². The first-order valence-electron chi connectivity index (χ1n) is 7.77. The predicted molar refractivity (Wildman–Crippen MR) is 90.7 cm³/mol. The average molecular weight is 296 g/mol. The van der Waals surface area contributed by atoms with Crippen LogP contribution < -0.4 is 5.73 Å². The van der Waals surface area contributed by atoms with Gasteiger partial charge in [-0.3, -0.25) is 4.79 Å². The number of carbonyl (C=O) groups excluding carboxylic acids is 1. The van der Waals surface area contributed by atoms with E-state index in [1.807, 2.05) is 54.3 Å². The Bertz CT molecular complexity index is 595. The van der Waals surface area contributed by atoms with Gasteiger partial charge in [-0.05, 0) is 30.0 Å². The molecule has 0 aliphatic carbocycles. The molecule has 0 heterocycles. The Morgan fingerprint density at radius 2 is 1.68 bits per heavy atom. The van der Waals surface area contributed by atoms with Crippen LogP contribution in [-0.4, -0.2) is 30.4 Å². The molecule has 116 valence electrons. The molecule has 0 radical (unpaired) electrons. The molecule has 2 rings (SSSR count). The lowest BCUT2D eigenvalue weighted by Crippen LogP contribution is -2.38. The van der Waals surface area contributed by atoms with E-state index in [9.17, 15) is 4.79 Å². The first-order valence-corrected chi connectivity index (χ1v) is 7.77. The van der Waals surface area contributed by atoms with Crippen molar-refractivity contribution in [2.75, 3.05) is 19.6 Å². The number of nitrogens with two attached hydrogens (primary N) is 1. The zero-order valence-corrected chi connectivity index (χ0v) is 13.2. The van der Waals surface area contributed by atoms with E-state index in [0.717, 1.165) is 17.5 Å². The number of nitrogens with zero attached hydrogens (tertiary/aromatic N) is 1. The van der Waals surface area contributed by atoms with Crippen LogP contribution in [0.25, 0.3) is 0 Å². The Balaban J connectivity index is 1.97. The molecule has 0 atom stereocenters. The van der Waals surface area contributed by atoms with Crippen molar-refractivity contribution in [3.05, 3.63) is 71.3 Å². The zero-order valence-electron chi connectivity index (χ0n) is 13.2. The number of aryl methyl sites for hydroxylation is 1.